The second kappa shape index (κ2) is 5.51. The maximum absolute atomic E-state index is 5.95. The summed E-state index contributed by atoms with van der Waals surface area (Å²) in [6, 6.07) is 4.88. The molecule has 2 heterocycles. The van der Waals surface area contributed by atoms with E-state index in [0.29, 0.717) is 30.1 Å². The molecule has 2 rings (SSSR count). The van der Waals surface area contributed by atoms with Crippen LogP contribution in [0.3, 0.4) is 0 Å². The zero-order valence-electron chi connectivity index (χ0n) is 11.1. The molecular weight excluding hydrogens is 230 g/mol. The lowest BCUT2D eigenvalue weighted by Gasteiger charge is -2.28. The molecule has 3 heteroatoms. The monoisotopic (exact) mass is 253 g/mol. The van der Waals surface area contributed by atoms with Crippen molar-refractivity contribution in [3.8, 4) is 0 Å². The summed E-state index contributed by atoms with van der Waals surface area (Å²) >= 11 is 1.85. The predicted octanol–water partition coefficient (Wildman–Crippen LogP) is 2.94. The van der Waals surface area contributed by atoms with Gasteiger partial charge in [-0.1, -0.05) is 13.0 Å². The van der Waals surface area contributed by atoms with Crippen molar-refractivity contribution in [2.24, 2.45) is 11.8 Å². The van der Waals surface area contributed by atoms with Crippen LogP contribution >= 0.6 is 11.3 Å². The van der Waals surface area contributed by atoms with Crippen molar-refractivity contribution in [3.63, 3.8) is 0 Å². The van der Waals surface area contributed by atoms with Gasteiger partial charge in [-0.15, -0.1) is 11.3 Å². The molecule has 1 aromatic rings. The summed E-state index contributed by atoms with van der Waals surface area (Å²) in [4.78, 5) is 1.46. The Labute approximate surface area is 108 Å². The van der Waals surface area contributed by atoms with Gasteiger partial charge in [-0.3, -0.25) is 0 Å². The summed E-state index contributed by atoms with van der Waals surface area (Å²) in [6.07, 6.45) is 1.86. The van der Waals surface area contributed by atoms with Gasteiger partial charge in [-0.25, -0.2) is 0 Å². The molecular formula is C14H23NOS. The molecule has 0 radical (unpaired) electrons. The molecule has 0 spiro atoms. The molecule has 1 aliphatic heterocycles. The van der Waals surface area contributed by atoms with Gasteiger partial charge >= 0.3 is 0 Å². The molecule has 2 nitrogen and oxygen atoms in total. The number of rotatable bonds is 4. The van der Waals surface area contributed by atoms with Gasteiger partial charge in [0, 0.05) is 16.8 Å². The largest absolute Gasteiger partial charge is 0.375 e. The lowest BCUT2D eigenvalue weighted by molar-refractivity contribution is 0.0479. The van der Waals surface area contributed by atoms with Crippen LogP contribution < -0.4 is 5.32 Å². The fourth-order valence-electron chi connectivity index (χ4n) is 3.06. The number of likely N-dealkylation sites (N-methyl/N-ethyl adjacent to an activating group) is 1. The van der Waals surface area contributed by atoms with Crippen molar-refractivity contribution < 1.29 is 4.74 Å². The van der Waals surface area contributed by atoms with Gasteiger partial charge in [0.1, 0.15) is 0 Å². The molecule has 96 valence electrons. The Hall–Kier alpha value is -0.380. The summed E-state index contributed by atoms with van der Waals surface area (Å²) in [5.74, 6) is 1.24. The molecule has 1 aliphatic rings. The highest BCUT2D eigenvalue weighted by Crippen LogP contribution is 2.35. The van der Waals surface area contributed by atoms with Crippen LogP contribution in [0.15, 0.2) is 17.5 Å². The van der Waals surface area contributed by atoms with Gasteiger partial charge in [-0.05, 0) is 44.7 Å². The van der Waals surface area contributed by atoms with Crippen molar-refractivity contribution in [1.82, 2.24) is 5.32 Å². The molecule has 5 atom stereocenters. The zero-order valence-corrected chi connectivity index (χ0v) is 12.0. The fourth-order valence-corrected chi connectivity index (χ4v) is 3.83. The SMILES string of the molecule is CNC(Cc1cccs1)C1C(C)OC(C)C1C. The Morgan fingerprint density at radius 2 is 2.12 bits per heavy atom. The van der Waals surface area contributed by atoms with Crippen LogP contribution in [0.1, 0.15) is 25.6 Å². The van der Waals surface area contributed by atoms with E-state index < -0.39 is 0 Å². The van der Waals surface area contributed by atoms with Gasteiger partial charge in [0.05, 0.1) is 12.2 Å². The van der Waals surface area contributed by atoms with E-state index in [1.165, 1.54) is 4.88 Å². The molecule has 1 aromatic heterocycles. The van der Waals surface area contributed by atoms with Crippen LogP contribution in [0, 0.1) is 11.8 Å². The third-order valence-electron chi connectivity index (χ3n) is 4.16. The van der Waals surface area contributed by atoms with Crippen molar-refractivity contribution in [2.75, 3.05) is 7.05 Å². The summed E-state index contributed by atoms with van der Waals surface area (Å²) in [5, 5.41) is 5.65. The molecule has 0 aliphatic carbocycles. The Morgan fingerprint density at radius 1 is 1.35 bits per heavy atom. The van der Waals surface area contributed by atoms with Crippen LogP contribution in [0.25, 0.3) is 0 Å². The summed E-state index contributed by atoms with van der Waals surface area (Å²) in [7, 11) is 2.07. The average Bonchev–Trinajstić information content (AvgIpc) is 2.87. The number of hydrogen-bond donors (Lipinski definition) is 1. The van der Waals surface area contributed by atoms with E-state index in [1.54, 1.807) is 0 Å². The first-order valence-corrected chi connectivity index (χ1v) is 7.36. The first-order chi connectivity index (χ1) is 8.13. The molecule has 0 aromatic carbocycles. The van der Waals surface area contributed by atoms with Crippen LogP contribution in [0.5, 0.6) is 0 Å². The highest BCUT2D eigenvalue weighted by atomic mass is 32.1. The maximum atomic E-state index is 5.95. The zero-order chi connectivity index (χ0) is 12.4. The molecule has 0 saturated carbocycles. The summed E-state index contributed by atoms with van der Waals surface area (Å²) in [5.41, 5.74) is 0. The van der Waals surface area contributed by atoms with Crippen molar-refractivity contribution >= 4 is 11.3 Å². The van der Waals surface area contributed by atoms with E-state index in [2.05, 4.69) is 50.6 Å². The molecule has 0 amide bonds. The first kappa shape index (κ1) is 13.1. The minimum absolute atomic E-state index is 0.359. The van der Waals surface area contributed by atoms with Gasteiger partial charge in [0.15, 0.2) is 0 Å². The average molecular weight is 253 g/mol. The second-order valence-electron chi connectivity index (χ2n) is 5.16. The minimum atomic E-state index is 0.359. The van der Waals surface area contributed by atoms with Gasteiger partial charge < -0.3 is 10.1 Å². The van der Waals surface area contributed by atoms with Gasteiger partial charge in [-0.2, -0.15) is 0 Å². The van der Waals surface area contributed by atoms with E-state index in [0.717, 1.165) is 6.42 Å². The minimum Gasteiger partial charge on any atom is -0.375 e. The lowest BCUT2D eigenvalue weighted by atomic mass is 9.82. The number of thiophene rings is 1. The topological polar surface area (TPSA) is 21.3 Å². The standard InChI is InChI=1S/C14H23NOS/c1-9-10(2)16-11(3)14(9)13(15-4)8-12-6-5-7-17-12/h5-7,9-11,13-15H,8H2,1-4H3. The smallest absolute Gasteiger partial charge is 0.0597 e. The Bertz CT molecular complexity index is 338. The first-order valence-electron chi connectivity index (χ1n) is 6.48. The molecule has 0 bridgehead atoms. The molecule has 1 fully saturated rings. The fraction of sp³-hybridized carbons (Fsp3) is 0.714. The van der Waals surface area contributed by atoms with Crippen LogP contribution in [0.4, 0.5) is 0 Å². The van der Waals surface area contributed by atoms with E-state index in [4.69, 9.17) is 4.74 Å². The van der Waals surface area contributed by atoms with E-state index in [1.807, 2.05) is 11.3 Å². The van der Waals surface area contributed by atoms with Gasteiger partial charge in [0.25, 0.3) is 0 Å². The van der Waals surface area contributed by atoms with E-state index in [9.17, 15) is 0 Å². The highest BCUT2D eigenvalue weighted by Gasteiger charge is 2.41. The third-order valence-corrected chi connectivity index (χ3v) is 5.05. The normalized spacial score (nSPS) is 35.1. The summed E-state index contributed by atoms with van der Waals surface area (Å²) in [6.45, 7) is 6.72. The second-order valence-corrected chi connectivity index (χ2v) is 6.19. The van der Waals surface area contributed by atoms with Crippen LogP contribution in [-0.4, -0.2) is 25.3 Å². The Morgan fingerprint density at radius 3 is 2.59 bits per heavy atom. The number of nitrogens with one attached hydrogen (secondary N) is 1. The van der Waals surface area contributed by atoms with Crippen molar-refractivity contribution in [1.29, 1.82) is 0 Å². The van der Waals surface area contributed by atoms with Crippen LogP contribution in [-0.2, 0) is 11.2 Å². The Balaban J connectivity index is 2.07. The highest BCUT2D eigenvalue weighted by molar-refractivity contribution is 7.09. The lowest BCUT2D eigenvalue weighted by Crippen LogP contribution is -2.41. The van der Waals surface area contributed by atoms with E-state index in [-0.39, 0.29) is 0 Å². The quantitative estimate of drug-likeness (QED) is 0.891. The van der Waals surface area contributed by atoms with Crippen molar-refractivity contribution in [2.45, 2.75) is 45.4 Å². The number of ether oxygens (including phenoxy) is 1. The molecule has 1 saturated heterocycles. The predicted molar refractivity (Wildman–Crippen MR) is 73.5 cm³/mol. The van der Waals surface area contributed by atoms with Crippen LogP contribution in [0.2, 0.25) is 0 Å². The van der Waals surface area contributed by atoms with Crippen molar-refractivity contribution in [3.05, 3.63) is 22.4 Å². The molecule has 1 N–H and O–H groups in total. The molecule has 5 unspecified atom stereocenters. The summed E-state index contributed by atoms with van der Waals surface area (Å²) < 4.78 is 5.95. The number of hydrogen-bond acceptors (Lipinski definition) is 3. The maximum Gasteiger partial charge on any atom is 0.0597 e. The molecule has 17 heavy (non-hydrogen) atoms. The Kier molecular flexibility index (Phi) is 4.23. The third kappa shape index (κ3) is 2.72. The van der Waals surface area contributed by atoms with Gasteiger partial charge in [0.2, 0.25) is 0 Å². The van der Waals surface area contributed by atoms with E-state index >= 15 is 0 Å².